The first-order valence-electron chi connectivity index (χ1n) is 4.04. The lowest BCUT2D eigenvalue weighted by atomic mass is 10.3. The molecule has 0 aromatic rings. The number of likely N-dealkylation sites (N-methyl/N-ethyl adjacent to an activating group) is 1. The van der Waals surface area contributed by atoms with Gasteiger partial charge in [0.05, 0.1) is 18.5 Å². The second-order valence-corrected chi connectivity index (χ2v) is 2.61. The number of nitriles is 1. The molecule has 1 amide bonds. The largest absolute Gasteiger partial charge is 0.341 e. The van der Waals surface area contributed by atoms with Crippen molar-refractivity contribution in [3.63, 3.8) is 0 Å². The number of carbonyl (C=O) groups excluding carboxylic acids is 1. The van der Waals surface area contributed by atoms with Crippen LogP contribution in [0.4, 0.5) is 0 Å². The second kappa shape index (κ2) is 5.56. The fraction of sp³-hybridized carbons (Fsp3) is 0.750. The Morgan fingerprint density at radius 1 is 1.75 bits per heavy atom. The predicted molar refractivity (Wildman–Crippen MR) is 46.1 cm³/mol. The van der Waals surface area contributed by atoms with E-state index in [0.717, 1.165) is 0 Å². The maximum Gasteiger partial charge on any atom is 0.239 e. The number of amides is 1. The first-order valence-corrected chi connectivity index (χ1v) is 4.04. The van der Waals surface area contributed by atoms with Gasteiger partial charge in [0.1, 0.15) is 0 Å². The van der Waals surface area contributed by atoms with Gasteiger partial charge in [-0.3, -0.25) is 4.79 Å². The third-order valence-corrected chi connectivity index (χ3v) is 1.58. The summed E-state index contributed by atoms with van der Waals surface area (Å²) in [6.07, 6.45) is 0.367. The smallest absolute Gasteiger partial charge is 0.239 e. The van der Waals surface area contributed by atoms with Crippen molar-refractivity contribution in [2.24, 2.45) is 5.73 Å². The van der Waals surface area contributed by atoms with Crippen LogP contribution in [0.5, 0.6) is 0 Å². The molecule has 4 nitrogen and oxygen atoms in total. The summed E-state index contributed by atoms with van der Waals surface area (Å²) in [5, 5.41) is 8.31. The van der Waals surface area contributed by atoms with Crippen molar-refractivity contribution in [2.45, 2.75) is 26.3 Å². The van der Waals surface area contributed by atoms with Crippen LogP contribution in [0.1, 0.15) is 20.3 Å². The zero-order chi connectivity index (χ0) is 9.56. The van der Waals surface area contributed by atoms with E-state index < -0.39 is 6.04 Å². The molecule has 4 heteroatoms. The van der Waals surface area contributed by atoms with Gasteiger partial charge in [0.2, 0.25) is 5.91 Å². The van der Waals surface area contributed by atoms with E-state index in [9.17, 15) is 4.79 Å². The van der Waals surface area contributed by atoms with E-state index in [-0.39, 0.29) is 5.91 Å². The van der Waals surface area contributed by atoms with Gasteiger partial charge in [-0.15, -0.1) is 0 Å². The molecule has 1 atom stereocenters. The van der Waals surface area contributed by atoms with Crippen LogP contribution in [0, 0.1) is 11.3 Å². The first kappa shape index (κ1) is 10.9. The normalized spacial score (nSPS) is 11.8. The van der Waals surface area contributed by atoms with E-state index in [4.69, 9.17) is 11.0 Å². The molecule has 0 rings (SSSR count). The molecule has 0 saturated carbocycles. The number of hydrogen-bond donors (Lipinski definition) is 1. The summed E-state index contributed by atoms with van der Waals surface area (Å²) in [7, 11) is 0. The van der Waals surface area contributed by atoms with Crippen molar-refractivity contribution in [1.29, 1.82) is 5.26 Å². The molecule has 0 radical (unpaired) electrons. The quantitative estimate of drug-likeness (QED) is 0.648. The standard InChI is InChI=1S/C8H15N3O/c1-3-11(6-4-5-9)8(12)7(2)10/h7H,3-4,6,10H2,1-2H3/t7-/m1/s1. The summed E-state index contributed by atoms with van der Waals surface area (Å²) in [6.45, 7) is 4.62. The topological polar surface area (TPSA) is 70.1 Å². The van der Waals surface area contributed by atoms with Gasteiger partial charge >= 0.3 is 0 Å². The first-order chi connectivity index (χ1) is 5.63. The monoisotopic (exact) mass is 169 g/mol. The predicted octanol–water partition coefficient (Wildman–Crippen LogP) is 0.0958. The van der Waals surface area contributed by atoms with Crippen molar-refractivity contribution in [2.75, 3.05) is 13.1 Å². The molecule has 0 unspecified atom stereocenters. The summed E-state index contributed by atoms with van der Waals surface area (Å²) in [5.41, 5.74) is 5.41. The van der Waals surface area contributed by atoms with Crippen LogP contribution in [0.2, 0.25) is 0 Å². The molecule has 68 valence electrons. The lowest BCUT2D eigenvalue weighted by molar-refractivity contribution is -0.131. The molecule has 0 heterocycles. The van der Waals surface area contributed by atoms with Crippen LogP contribution < -0.4 is 5.73 Å². The van der Waals surface area contributed by atoms with Gasteiger partial charge in [0.25, 0.3) is 0 Å². The summed E-state index contributed by atoms with van der Waals surface area (Å²) in [5.74, 6) is -0.0900. The zero-order valence-electron chi connectivity index (χ0n) is 7.58. The molecule has 0 aromatic heterocycles. The van der Waals surface area contributed by atoms with Gasteiger partial charge in [-0.2, -0.15) is 5.26 Å². The van der Waals surface area contributed by atoms with Gasteiger partial charge < -0.3 is 10.6 Å². The van der Waals surface area contributed by atoms with Crippen LogP contribution in [0.25, 0.3) is 0 Å². The van der Waals surface area contributed by atoms with Crippen molar-refractivity contribution in [1.82, 2.24) is 4.90 Å². The van der Waals surface area contributed by atoms with Crippen LogP contribution >= 0.6 is 0 Å². The summed E-state index contributed by atoms with van der Waals surface area (Å²) < 4.78 is 0. The molecule has 0 aromatic carbocycles. The van der Waals surface area contributed by atoms with E-state index >= 15 is 0 Å². The lowest BCUT2D eigenvalue weighted by Gasteiger charge is -2.21. The Morgan fingerprint density at radius 2 is 2.33 bits per heavy atom. The second-order valence-electron chi connectivity index (χ2n) is 2.61. The molecule has 0 saturated heterocycles. The fourth-order valence-electron chi connectivity index (χ4n) is 0.897. The van der Waals surface area contributed by atoms with E-state index in [1.807, 2.05) is 13.0 Å². The van der Waals surface area contributed by atoms with Crippen molar-refractivity contribution < 1.29 is 4.79 Å². The third-order valence-electron chi connectivity index (χ3n) is 1.58. The minimum absolute atomic E-state index is 0.0900. The van der Waals surface area contributed by atoms with Gasteiger partial charge in [-0.1, -0.05) is 0 Å². The highest BCUT2D eigenvalue weighted by molar-refractivity contribution is 5.81. The number of hydrogen-bond acceptors (Lipinski definition) is 3. The van der Waals surface area contributed by atoms with Crippen LogP contribution in [-0.4, -0.2) is 29.9 Å². The molecule has 0 fully saturated rings. The Kier molecular flexibility index (Phi) is 5.06. The van der Waals surface area contributed by atoms with E-state index in [1.54, 1.807) is 11.8 Å². The third kappa shape index (κ3) is 3.35. The highest BCUT2D eigenvalue weighted by Gasteiger charge is 2.14. The van der Waals surface area contributed by atoms with Gasteiger partial charge in [0.15, 0.2) is 0 Å². The lowest BCUT2D eigenvalue weighted by Crippen LogP contribution is -2.42. The maximum absolute atomic E-state index is 11.3. The Balaban J connectivity index is 3.98. The van der Waals surface area contributed by atoms with Crippen molar-refractivity contribution >= 4 is 5.91 Å². The molecular weight excluding hydrogens is 154 g/mol. The Bertz CT molecular complexity index is 183. The number of carbonyl (C=O) groups is 1. The molecule has 0 bridgehead atoms. The zero-order valence-corrected chi connectivity index (χ0v) is 7.58. The molecule has 0 aliphatic carbocycles. The maximum atomic E-state index is 11.3. The van der Waals surface area contributed by atoms with Crippen LogP contribution in [-0.2, 0) is 4.79 Å². The average molecular weight is 169 g/mol. The van der Waals surface area contributed by atoms with Gasteiger partial charge in [-0.05, 0) is 13.8 Å². The SMILES string of the molecule is CCN(CCC#N)C(=O)[C@@H](C)N. The number of rotatable bonds is 4. The highest BCUT2D eigenvalue weighted by atomic mass is 16.2. The minimum Gasteiger partial charge on any atom is -0.341 e. The van der Waals surface area contributed by atoms with Gasteiger partial charge in [0, 0.05) is 13.1 Å². The molecule has 12 heavy (non-hydrogen) atoms. The number of nitrogens with zero attached hydrogens (tertiary/aromatic N) is 2. The van der Waals surface area contributed by atoms with Gasteiger partial charge in [-0.25, -0.2) is 0 Å². The van der Waals surface area contributed by atoms with Crippen LogP contribution in [0.3, 0.4) is 0 Å². The summed E-state index contributed by atoms with van der Waals surface area (Å²) in [4.78, 5) is 12.9. The number of nitrogens with two attached hydrogens (primary N) is 1. The fourth-order valence-corrected chi connectivity index (χ4v) is 0.897. The molecular formula is C8H15N3O. The molecule has 2 N–H and O–H groups in total. The summed E-state index contributed by atoms with van der Waals surface area (Å²) in [6, 6.07) is 1.52. The molecule has 0 aliphatic rings. The molecule has 0 aliphatic heterocycles. The van der Waals surface area contributed by atoms with E-state index in [2.05, 4.69) is 0 Å². The average Bonchev–Trinajstić information content (AvgIpc) is 2.05. The van der Waals surface area contributed by atoms with Crippen molar-refractivity contribution in [3.8, 4) is 6.07 Å². The molecule has 0 spiro atoms. The highest BCUT2D eigenvalue weighted by Crippen LogP contribution is 1.94. The Hall–Kier alpha value is -1.08. The Morgan fingerprint density at radius 3 is 2.67 bits per heavy atom. The van der Waals surface area contributed by atoms with Crippen LogP contribution in [0.15, 0.2) is 0 Å². The van der Waals surface area contributed by atoms with E-state index in [0.29, 0.717) is 19.5 Å². The Labute approximate surface area is 72.9 Å². The van der Waals surface area contributed by atoms with E-state index in [1.165, 1.54) is 0 Å². The van der Waals surface area contributed by atoms with Crippen molar-refractivity contribution in [3.05, 3.63) is 0 Å². The summed E-state index contributed by atoms with van der Waals surface area (Å²) >= 11 is 0. The minimum atomic E-state index is -0.469.